The van der Waals surface area contributed by atoms with E-state index in [-0.39, 0.29) is 0 Å². The lowest BCUT2D eigenvalue weighted by Gasteiger charge is -2.08. The van der Waals surface area contributed by atoms with Gasteiger partial charge in [-0.2, -0.15) is 0 Å². The second-order valence-electron chi connectivity index (χ2n) is 4.70. The van der Waals surface area contributed by atoms with Gasteiger partial charge in [0.15, 0.2) is 0 Å². The van der Waals surface area contributed by atoms with E-state index < -0.39 is 0 Å². The first-order valence-electron chi connectivity index (χ1n) is 6.98. The van der Waals surface area contributed by atoms with E-state index in [0.717, 1.165) is 24.6 Å². The molecule has 0 aliphatic heterocycles. The molecule has 2 aromatic carbocycles. The number of rotatable bonds is 8. The van der Waals surface area contributed by atoms with Crippen LogP contribution < -0.4 is 14.8 Å². The van der Waals surface area contributed by atoms with Gasteiger partial charge in [-0.15, -0.1) is 0 Å². The molecule has 0 radical (unpaired) electrons. The average molecular weight is 283 g/mol. The Hall–Kier alpha value is -2.26. The number of hydrogen-bond acceptors (Lipinski definition) is 3. The molecule has 0 fully saturated rings. The minimum atomic E-state index is 0.535. The van der Waals surface area contributed by atoms with E-state index in [1.807, 2.05) is 30.3 Å². The molecule has 0 unspecified atom stereocenters. The molecule has 0 aliphatic carbocycles. The first-order chi connectivity index (χ1) is 10.3. The van der Waals surface area contributed by atoms with E-state index in [1.54, 1.807) is 13.2 Å². The van der Waals surface area contributed by atoms with Crippen molar-refractivity contribution in [3.8, 4) is 11.5 Å². The monoisotopic (exact) mass is 283 g/mol. The zero-order valence-electron chi connectivity index (χ0n) is 12.3. The molecule has 110 valence electrons. The second kappa shape index (κ2) is 8.12. The normalized spacial score (nSPS) is 10.1. The van der Waals surface area contributed by atoms with E-state index in [4.69, 9.17) is 9.47 Å². The Bertz CT molecular complexity index is 564. The summed E-state index contributed by atoms with van der Waals surface area (Å²) in [6.45, 7) is 5.80. The van der Waals surface area contributed by atoms with Gasteiger partial charge in [0.05, 0.1) is 7.11 Å². The summed E-state index contributed by atoms with van der Waals surface area (Å²) in [5.41, 5.74) is 2.43. The molecule has 1 N–H and O–H groups in total. The van der Waals surface area contributed by atoms with Crippen LogP contribution in [-0.4, -0.2) is 13.7 Å². The van der Waals surface area contributed by atoms with Crippen molar-refractivity contribution in [3.63, 3.8) is 0 Å². The van der Waals surface area contributed by atoms with Gasteiger partial charge in [-0.05, 0) is 35.4 Å². The van der Waals surface area contributed by atoms with Gasteiger partial charge in [0.2, 0.25) is 0 Å². The summed E-state index contributed by atoms with van der Waals surface area (Å²) in [6, 6.07) is 16.2. The fourth-order valence-electron chi connectivity index (χ4n) is 1.99. The highest BCUT2D eigenvalue weighted by atomic mass is 16.5. The molecule has 3 heteroatoms. The van der Waals surface area contributed by atoms with Crippen molar-refractivity contribution in [1.29, 1.82) is 0 Å². The standard InChI is InChI=1S/C18H21NO2/c1-3-11-21-17-9-7-15(8-10-17)13-19-14-16-5-4-6-18(12-16)20-2/h3-10,12,19H,1,11,13-14H2,2H3. The van der Waals surface area contributed by atoms with Crippen molar-refractivity contribution in [2.75, 3.05) is 13.7 Å². The van der Waals surface area contributed by atoms with E-state index in [2.05, 4.69) is 30.1 Å². The number of ether oxygens (including phenoxy) is 2. The smallest absolute Gasteiger partial charge is 0.119 e. The lowest BCUT2D eigenvalue weighted by atomic mass is 10.2. The minimum absolute atomic E-state index is 0.535. The zero-order valence-corrected chi connectivity index (χ0v) is 12.3. The molecule has 0 amide bonds. The fourth-order valence-corrected chi connectivity index (χ4v) is 1.99. The molecule has 3 nitrogen and oxygen atoms in total. The molecule has 2 aromatic rings. The largest absolute Gasteiger partial charge is 0.497 e. The molecule has 0 bridgehead atoms. The van der Waals surface area contributed by atoms with Gasteiger partial charge in [-0.25, -0.2) is 0 Å². The molecule has 2 rings (SSSR count). The van der Waals surface area contributed by atoms with Crippen LogP contribution in [0.15, 0.2) is 61.2 Å². The van der Waals surface area contributed by atoms with Gasteiger partial charge in [-0.3, -0.25) is 0 Å². The van der Waals surface area contributed by atoms with Gasteiger partial charge in [0, 0.05) is 13.1 Å². The Morgan fingerprint density at radius 3 is 2.48 bits per heavy atom. The molecular formula is C18H21NO2. The van der Waals surface area contributed by atoms with Crippen LogP contribution in [0.5, 0.6) is 11.5 Å². The van der Waals surface area contributed by atoms with Crippen LogP contribution in [0.1, 0.15) is 11.1 Å². The van der Waals surface area contributed by atoms with Crippen LogP contribution in [-0.2, 0) is 13.1 Å². The van der Waals surface area contributed by atoms with Gasteiger partial charge in [-0.1, -0.05) is 36.9 Å². The summed E-state index contributed by atoms with van der Waals surface area (Å²) >= 11 is 0. The van der Waals surface area contributed by atoms with Crippen molar-refractivity contribution in [1.82, 2.24) is 5.32 Å². The third-order valence-corrected chi connectivity index (χ3v) is 3.08. The predicted molar refractivity (Wildman–Crippen MR) is 85.7 cm³/mol. The molecule has 0 saturated carbocycles. The molecule has 21 heavy (non-hydrogen) atoms. The summed E-state index contributed by atoms with van der Waals surface area (Å²) in [5.74, 6) is 1.75. The molecule has 0 atom stereocenters. The van der Waals surface area contributed by atoms with Crippen LogP contribution in [0.25, 0.3) is 0 Å². The Morgan fingerprint density at radius 1 is 1.00 bits per heavy atom. The Balaban J connectivity index is 1.81. The maximum absolute atomic E-state index is 5.46. The first-order valence-corrected chi connectivity index (χ1v) is 6.98. The average Bonchev–Trinajstić information content (AvgIpc) is 2.54. The Kier molecular flexibility index (Phi) is 5.85. The summed E-state index contributed by atoms with van der Waals surface area (Å²) in [5, 5.41) is 3.42. The highest BCUT2D eigenvalue weighted by Gasteiger charge is 1.98. The number of benzene rings is 2. The Morgan fingerprint density at radius 2 is 1.76 bits per heavy atom. The van der Waals surface area contributed by atoms with Crippen molar-refractivity contribution < 1.29 is 9.47 Å². The summed E-state index contributed by atoms with van der Waals surface area (Å²) in [4.78, 5) is 0. The van der Waals surface area contributed by atoms with E-state index in [1.165, 1.54) is 11.1 Å². The predicted octanol–water partition coefficient (Wildman–Crippen LogP) is 3.55. The quantitative estimate of drug-likeness (QED) is 0.752. The van der Waals surface area contributed by atoms with Gasteiger partial charge in [0.1, 0.15) is 18.1 Å². The fraction of sp³-hybridized carbons (Fsp3) is 0.222. The topological polar surface area (TPSA) is 30.5 Å². The van der Waals surface area contributed by atoms with E-state index >= 15 is 0 Å². The Labute approximate surface area is 126 Å². The lowest BCUT2D eigenvalue weighted by molar-refractivity contribution is 0.363. The molecule has 0 heterocycles. The van der Waals surface area contributed by atoms with Gasteiger partial charge >= 0.3 is 0 Å². The highest BCUT2D eigenvalue weighted by molar-refractivity contribution is 5.29. The van der Waals surface area contributed by atoms with Crippen LogP contribution in [0.2, 0.25) is 0 Å². The van der Waals surface area contributed by atoms with Gasteiger partial charge < -0.3 is 14.8 Å². The molecule has 0 spiro atoms. The van der Waals surface area contributed by atoms with Crippen LogP contribution in [0.4, 0.5) is 0 Å². The van der Waals surface area contributed by atoms with Crippen molar-refractivity contribution in [3.05, 3.63) is 72.3 Å². The summed E-state index contributed by atoms with van der Waals surface area (Å²) in [6.07, 6.45) is 1.74. The molecule has 0 aliphatic rings. The number of hydrogen-bond donors (Lipinski definition) is 1. The summed E-state index contributed by atoms with van der Waals surface area (Å²) in [7, 11) is 1.68. The second-order valence-corrected chi connectivity index (χ2v) is 4.70. The maximum Gasteiger partial charge on any atom is 0.119 e. The van der Waals surface area contributed by atoms with Crippen LogP contribution in [0, 0.1) is 0 Å². The van der Waals surface area contributed by atoms with Crippen LogP contribution >= 0.6 is 0 Å². The number of methoxy groups -OCH3 is 1. The summed E-state index contributed by atoms with van der Waals surface area (Å²) < 4.78 is 10.7. The van der Waals surface area contributed by atoms with Gasteiger partial charge in [0.25, 0.3) is 0 Å². The van der Waals surface area contributed by atoms with Crippen molar-refractivity contribution >= 4 is 0 Å². The highest BCUT2D eigenvalue weighted by Crippen LogP contribution is 2.14. The molecular weight excluding hydrogens is 262 g/mol. The molecule has 0 saturated heterocycles. The molecule has 0 aromatic heterocycles. The third kappa shape index (κ3) is 4.97. The minimum Gasteiger partial charge on any atom is -0.497 e. The van der Waals surface area contributed by atoms with Crippen LogP contribution in [0.3, 0.4) is 0 Å². The van der Waals surface area contributed by atoms with E-state index in [9.17, 15) is 0 Å². The lowest BCUT2D eigenvalue weighted by Crippen LogP contribution is -2.12. The first kappa shape index (κ1) is 15.1. The van der Waals surface area contributed by atoms with E-state index in [0.29, 0.717) is 6.61 Å². The SMILES string of the molecule is C=CCOc1ccc(CNCc2cccc(OC)c2)cc1. The van der Waals surface area contributed by atoms with Crippen molar-refractivity contribution in [2.24, 2.45) is 0 Å². The zero-order chi connectivity index (χ0) is 14.9. The van der Waals surface area contributed by atoms with Crippen molar-refractivity contribution in [2.45, 2.75) is 13.1 Å². The maximum atomic E-state index is 5.46. The number of nitrogens with one attached hydrogen (secondary N) is 1. The third-order valence-electron chi connectivity index (χ3n) is 3.08.